The van der Waals surface area contributed by atoms with E-state index in [4.69, 9.17) is 0 Å². The Hall–Kier alpha value is -0.610. The number of carbonyl (C=O) groups is 1. The van der Waals surface area contributed by atoms with Gasteiger partial charge in [-0.05, 0) is 25.8 Å². The predicted molar refractivity (Wildman–Crippen MR) is 55.3 cm³/mol. The van der Waals surface area contributed by atoms with Crippen LogP contribution in [0.15, 0.2) is 0 Å². The zero-order valence-electron chi connectivity index (χ0n) is 9.15. The first-order chi connectivity index (χ1) is 7.25. The lowest BCUT2D eigenvalue weighted by Gasteiger charge is -2.44. The van der Waals surface area contributed by atoms with E-state index in [1.807, 2.05) is 0 Å². The Labute approximate surface area is 90.9 Å². The molecule has 0 aliphatic carbocycles. The Bertz CT molecular complexity index is 233. The van der Waals surface area contributed by atoms with Gasteiger partial charge in [-0.15, -0.1) is 0 Å². The van der Waals surface area contributed by atoms with E-state index in [-0.39, 0.29) is 6.42 Å². The van der Waals surface area contributed by atoms with E-state index < -0.39 is 5.97 Å². The maximum absolute atomic E-state index is 10.4. The summed E-state index contributed by atoms with van der Waals surface area (Å²) in [7, 11) is 0. The molecular weight excluding hydrogens is 192 g/mol. The largest absolute Gasteiger partial charge is 0.550 e. The number of rotatable bonds is 3. The van der Waals surface area contributed by atoms with Crippen LogP contribution in [0.4, 0.5) is 0 Å². The quantitative estimate of drug-likeness (QED) is 0.619. The topological polar surface area (TPSA) is 46.6 Å². The Morgan fingerprint density at radius 1 is 1.27 bits per heavy atom. The van der Waals surface area contributed by atoms with Gasteiger partial charge in [0.15, 0.2) is 0 Å². The maximum atomic E-state index is 10.4. The monoisotopic (exact) mass is 211 g/mol. The van der Waals surface area contributed by atoms with Gasteiger partial charge in [0.05, 0.1) is 0 Å². The second kappa shape index (κ2) is 4.94. The molecule has 0 aromatic carbocycles. The first-order valence-electron chi connectivity index (χ1n) is 5.92. The average molecular weight is 211 g/mol. The number of hydrogen-bond donors (Lipinski definition) is 0. The Balaban J connectivity index is 1.78. The van der Waals surface area contributed by atoms with Gasteiger partial charge in [-0.1, -0.05) is 6.42 Å². The zero-order valence-corrected chi connectivity index (χ0v) is 9.15. The molecule has 0 aromatic heterocycles. The number of piperidine rings is 1. The van der Waals surface area contributed by atoms with E-state index >= 15 is 0 Å². The Morgan fingerprint density at radius 3 is 2.93 bits per heavy atom. The van der Waals surface area contributed by atoms with E-state index in [1.54, 1.807) is 0 Å². The lowest BCUT2D eigenvalue weighted by atomic mass is 9.99. The molecular formula is C11H19N2O2-. The van der Waals surface area contributed by atoms with E-state index in [1.165, 1.54) is 25.8 Å². The number of carboxylic acids is 1. The molecule has 0 N–H and O–H groups in total. The van der Waals surface area contributed by atoms with Gasteiger partial charge in [-0.2, -0.15) is 0 Å². The molecule has 2 heterocycles. The third-order valence-electron chi connectivity index (χ3n) is 3.55. The molecule has 2 fully saturated rings. The average Bonchev–Trinajstić information content (AvgIpc) is 2.26. The fourth-order valence-corrected chi connectivity index (χ4v) is 2.67. The Kier molecular flexibility index (Phi) is 3.59. The third kappa shape index (κ3) is 2.92. The van der Waals surface area contributed by atoms with Crippen LogP contribution in [0.2, 0.25) is 0 Å². The van der Waals surface area contributed by atoms with Crippen LogP contribution in [0.3, 0.4) is 0 Å². The second-order valence-electron chi connectivity index (χ2n) is 4.61. The molecule has 15 heavy (non-hydrogen) atoms. The number of fused-ring (bicyclic) bond motifs is 1. The van der Waals surface area contributed by atoms with E-state index in [0.29, 0.717) is 12.6 Å². The number of aliphatic carboxylic acids is 1. The van der Waals surface area contributed by atoms with Crippen LogP contribution in [0, 0.1) is 0 Å². The van der Waals surface area contributed by atoms with Crippen LogP contribution in [0.1, 0.15) is 25.7 Å². The first-order valence-corrected chi connectivity index (χ1v) is 5.92. The minimum Gasteiger partial charge on any atom is -0.550 e. The predicted octanol–water partition coefficient (Wildman–Crippen LogP) is -0.703. The van der Waals surface area contributed by atoms with Crippen molar-refractivity contribution in [1.29, 1.82) is 0 Å². The SMILES string of the molecule is O=C([O-])CCN1CCN2CCCCC2C1. The summed E-state index contributed by atoms with van der Waals surface area (Å²) in [6.45, 7) is 5.07. The van der Waals surface area contributed by atoms with Crippen molar-refractivity contribution in [2.75, 3.05) is 32.7 Å². The smallest absolute Gasteiger partial charge is 0.0427 e. The van der Waals surface area contributed by atoms with Gasteiger partial charge in [-0.3, -0.25) is 4.90 Å². The molecule has 2 aliphatic rings. The van der Waals surface area contributed by atoms with E-state index in [2.05, 4.69) is 9.80 Å². The molecule has 0 saturated carbocycles. The minimum absolute atomic E-state index is 0.173. The van der Waals surface area contributed by atoms with Gasteiger partial charge >= 0.3 is 0 Å². The highest BCUT2D eigenvalue weighted by Gasteiger charge is 2.28. The summed E-state index contributed by atoms with van der Waals surface area (Å²) in [4.78, 5) is 15.2. The molecule has 0 bridgehead atoms. The van der Waals surface area contributed by atoms with Gasteiger partial charge in [0.1, 0.15) is 0 Å². The Morgan fingerprint density at radius 2 is 2.13 bits per heavy atom. The summed E-state index contributed by atoms with van der Waals surface area (Å²) in [5, 5.41) is 10.4. The standard InChI is InChI=1S/C11H20N2O2/c14-11(15)4-6-12-7-8-13-5-2-1-3-10(13)9-12/h10H,1-9H2,(H,14,15)/p-1. The molecule has 0 aromatic rings. The van der Waals surface area contributed by atoms with Crippen molar-refractivity contribution in [2.45, 2.75) is 31.7 Å². The molecule has 0 radical (unpaired) electrons. The summed E-state index contributed by atoms with van der Waals surface area (Å²) in [5.74, 6) is -0.930. The van der Waals surface area contributed by atoms with E-state index in [9.17, 15) is 9.90 Å². The van der Waals surface area contributed by atoms with Crippen LogP contribution in [-0.4, -0.2) is 54.5 Å². The van der Waals surface area contributed by atoms with Crippen molar-refractivity contribution < 1.29 is 9.90 Å². The molecule has 2 saturated heterocycles. The molecule has 4 nitrogen and oxygen atoms in total. The summed E-state index contributed by atoms with van der Waals surface area (Å²) in [6, 6.07) is 0.675. The fourth-order valence-electron chi connectivity index (χ4n) is 2.67. The van der Waals surface area contributed by atoms with Gasteiger partial charge in [0.25, 0.3) is 0 Å². The van der Waals surface area contributed by atoms with Gasteiger partial charge < -0.3 is 14.8 Å². The normalized spacial score (nSPS) is 28.7. The van der Waals surface area contributed by atoms with Crippen LogP contribution in [0.5, 0.6) is 0 Å². The molecule has 0 spiro atoms. The number of piperazine rings is 1. The highest BCUT2D eigenvalue weighted by atomic mass is 16.4. The highest BCUT2D eigenvalue weighted by Crippen LogP contribution is 2.20. The van der Waals surface area contributed by atoms with Crippen LogP contribution in [0.25, 0.3) is 0 Å². The molecule has 4 heteroatoms. The molecule has 2 aliphatic heterocycles. The molecule has 0 amide bonds. The number of carboxylic acid groups (broad SMARTS) is 1. The number of carbonyl (C=O) groups excluding carboxylic acids is 1. The van der Waals surface area contributed by atoms with Gasteiger partial charge in [0, 0.05) is 38.2 Å². The van der Waals surface area contributed by atoms with Gasteiger partial charge in [-0.25, -0.2) is 0 Å². The van der Waals surface area contributed by atoms with E-state index in [0.717, 1.165) is 19.6 Å². The molecule has 2 rings (SSSR count). The zero-order chi connectivity index (χ0) is 10.7. The summed E-state index contributed by atoms with van der Waals surface area (Å²) in [5.41, 5.74) is 0. The molecule has 86 valence electrons. The van der Waals surface area contributed by atoms with Crippen molar-refractivity contribution in [3.8, 4) is 0 Å². The lowest BCUT2D eigenvalue weighted by molar-refractivity contribution is -0.305. The lowest BCUT2D eigenvalue weighted by Crippen LogP contribution is -2.55. The summed E-state index contributed by atoms with van der Waals surface area (Å²) >= 11 is 0. The van der Waals surface area contributed by atoms with Crippen molar-refractivity contribution in [3.05, 3.63) is 0 Å². The summed E-state index contributed by atoms with van der Waals surface area (Å²) < 4.78 is 0. The van der Waals surface area contributed by atoms with Crippen LogP contribution < -0.4 is 5.11 Å². The van der Waals surface area contributed by atoms with Crippen molar-refractivity contribution in [3.63, 3.8) is 0 Å². The minimum atomic E-state index is -0.930. The highest BCUT2D eigenvalue weighted by molar-refractivity contribution is 5.64. The van der Waals surface area contributed by atoms with Crippen LogP contribution >= 0.6 is 0 Å². The van der Waals surface area contributed by atoms with Crippen molar-refractivity contribution >= 4 is 5.97 Å². The fraction of sp³-hybridized carbons (Fsp3) is 0.909. The molecule has 1 unspecified atom stereocenters. The molecule has 1 atom stereocenters. The maximum Gasteiger partial charge on any atom is 0.0427 e. The first kappa shape index (κ1) is 10.9. The third-order valence-corrected chi connectivity index (χ3v) is 3.55. The number of hydrogen-bond acceptors (Lipinski definition) is 4. The second-order valence-corrected chi connectivity index (χ2v) is 4.61. The van der Waals surface area contributed by atoms with Gasteiger partial charge in [0.2, 0.25) is 0 Å². The number of nitrogens with zero attached hydrogens (tertiary/aromatic N) is 2. The van der Waals surface area contributed by atoms with Crippen molar-refractivity contribution in [2.24, 2.45) is 0 Å². The van der Waals surface area contributed by atoms with Crippen LogP contribution in [-0.2, 0) is 4.79 Å². The summed E-state index contributed by atoms with van der Waals surface area (Å²) in [6.07, 6.45) is 4.11. The van der Waals surface area contributed by atoms with Crippen molar-refractivity contribution in [1.82, 2.24) is 9.80 Å².